The lowest BCUT2D eigenvalue weighted by molar-refractivity contribution is -0.139. The third kappa shape index (κ3) is 5.29. The minimum atomic E-state index is -0.274. The maximum atomic E-state index is 11.3. The van der Waals surface area contributed by atoms with E-state index in [-0.39, 0.29) is 11.7 Å². The van der Waals surface area contributed by atoms with Crippen LogP contribution in [-0.2, 0) is 9.53 Å². The van der Waals surface area contributed by atoms with Gasteiger partial charge < -0.3 is 15.0 Å². The van der Waals surface area contributed by atoms with Gasteiger partial charge in [-0.15, -0.1) is 0 Å². The first kappa shape index (κ1) is 15.5. The molecule has 0 fully saturated rings. The van der Waals surface area contributed by atoms with Crippen molar-refractivity contribution in [3.63, 3.8) is 0 Å². The molecule has 0 aliphatic heterocycles. The number of nitrogens with one attached hydrogen (secondary N) is 1. The summed E-state index contributed by atoms with van der Waals surface area (Å²) in [5.41, 5.74) is 0. The SMILES string of the molecule is CCNc1nc(SCC(=O)OCC)nc(N(C)C)n1. The van der Waals surface area contributed by atoms with Gasteiger partial charge in [0, 0.05) is 20.6 Å². The van der Waals surface area contributed by atoms with Crippen LogP contribution in [0.1, 0.15) is 13.8 Å². The van der Waals surface area contributed by atoms with Gasteiger partial charge in [-0.05, 0) is 13.8 Å². The summed E-state index contributed by atoms with van der Waals surface area (Å²) < 4.78 is 4.86. The Balaban J connectivity index is 2.78. The molecule has 8 heteroatoms. The van der Waals surface area contributed by atoms with Crippen LogP contribution in [0.5, 0.6) is 0 Å². The van der Waals surface area contributed by atoms with Crippen molar-refractivity contribution in [3.05, 3.63) is 0 Å². The van der Waals surface area contributed by atoms with Crippen LogP contribution in [-0.4, -0.2) is 53.9 Å². The van der Waals surface area contributed by atoms with Gasteiger partial charge in [-0.2, -0.15) is 15.0 Å². The smallest absolute Gasteiger partial charge is 0.316 e. The Morgan fingerprint density at radius 3 is 2.63 bits per heavy atom. The first-order valence-electron chi connectivity index (χ1n) is 6.02. The molecule has 1 rings (SSSR count). The fraction of sp³-hybridized carbons (Fsp3) is 0.636. The molecule has 0 atom stereocenters. The molecular weight excluding hydrogens is 266 g/mol. The average Bonchev–Trinajstić information content (AvgIpc) is 2.37. The van der Waals surface area contributed by atoms with E-state index in [0.717, 1.165) is 6.54 Å². The molecule has 0 radical (unpaired) electrons. The average molecular weight is 285 g/mol. The predicted octanol–water partition coefficient (Wildman–Crippen LogP) is 1.02. The van der Waals surface area contributed by atoms with Crippen molar-refractivity contribution >= 4 is 29.6 Å². The van der Waals surface area contributed by atoms with E-state index >= 15 is 0 Å². The number of carbonyl (C=O) groups is 1. The summed E-state index contributed by atoms with van der Waals surface area (Å²) in [7, 11) is 3.70. The molecule has 1 N–H and O–H groups in total. The molecule has 106 valence electrons. The van der Waals surface area contributed by atoms with E-state index in [9.17, 15) is 4.79 Å². The Labute approximate surface area is 117 Å². The second kappa shape index (κ2) is 7.78. The topological polar surface area (TPSA) is 80.2 Å². The molecule has 1 aromatic heterocycles. The number of nitrogens with zero attached hydrogens (tertiary/aromatic N) is 4. The molecule has 1 aromatic rings. The molecule has 0 amide bonds. The summed E-state index contributed by atoms with van der Waals surface area (Å²) in [5, 5.41) is 3.54. The van der Waals surface area contributed by atoms with Crippen molar-refractivity contribution in [2.24, 2.45) is 0 Å². The van der Waals surface area contributed by atoms with E-state index in [4.69, 9.17) is 4.74 Å². The van der Waals surface area contributed by atoms with Gasteiger partial charge in [-0.25, -0.2) is 0 Å². The van der Waals surface area contributed by atoms with Crippen LogP contribution in [0, 0.1) is 0 Å². The quantitative estimate of drug-likeness (QED) is 0.587. The number of esters is 1. The Morgan fingerprint density at radius 2 is 2.05 bits per heavy atom. The summed E-state index contributed by atoms with van der Waals surface area (Å²) in [6.07, 6.45) is 0. The minimum Gasteiger partial charge on any atom is -0.465 e. The highest BCUT2D eigenvalue weighted by Gasteiger charge is 2.10. The number of anilines is 2. The number of hydrogen-bond donors (Lipinski definition) is 1. The van der Waals surface area contributed by atoms with Crippen molar-refractivity contribution in [3.8, 4) is 0 Å². The molecule has 7 nitrogen and oxygen atoms in total. The third-order valence-corrected chi connectivity index (χ3v) is 2.78. The number of hydrogen-bond acceptors (Lipinski definition) is 8. The summed E-state index contributed by atoms with van der Waals surface area (Å²) >= 11 is 1.24. The second-order valence-corrected chi connectivity index (χ2v) is 4.70. The number of ether oxygens (including phenoxy) is 1. The summed E-state index contributed by atoms with van der Waals surface area (Å²) in [4.78, 5) is 25.8. The molecular formula is C11H19N5O2S. The van der Waals surface area contributed by atoms with Crippen molar-refractivity contribution in [1.29, 1.82) is 0 Å². The zero-order chi connectivity index (χ0) is 14.3. The zero-order valence-electron chi connectivity index (χ0n) is 11.6. The van der Waals surface area contributed by atoms with E-state index in [1.807, 2.05) is 21.0 Å². The predicted molar refractivity (Wildman–Crippen MR) is 75.7 cm³/mol. The van der Waals surface area contributed by atoms with Gasteiger partial charge in [0.15, 0.2) is 5.16 Å². The fourth-order valence-electron chi connectivity index (χ4n) is 1.17. The Morgan fingerprint density at radius 1 is 1.32 bits per heavy atom. The van der Waals surface area contributed by atoms with Crippen LogP contribution in [0.2, 0.25) is 0 Å². The minimum absolute atomic E-state index is 0.191. The van der Waals surface area contributed by atoms with Crippen LogP contribution >= 0.6 is 11.8 Å². The maximum absolute atomic E-state index is 11.3. The van der Waals surface area contributed by atoms with Gasteiger partial charge in [0.1, 0.15) is 0 Å². The van der Waals surface area contributed by atoms with Crippen molar-refractivity contribution in [2.45, 2.75) is 19.0 Å². The number of thioether (sulfide) groups is 1. The van der Waals surface area contributed by atoms with Crippen LogP contribution in [0.15, 0.2) is 5.16 Å². The van der Waals surface area contributed by atoms with E-state index < -0.39 is 0 Å². The molecule has 0 aliphatic carbocycles. The molecule has 0 spiro atoms. The summed E-state index contributed by atoms with van der Waals surface area (Å²) in [6.45, 7) is 4.84. The highest BCUT2D eigenvalue weighted by Crippen LogP contribution is 2.17. The lowest BCUT2D eigenvalue weighted by Gasteiger charge is -2.12. The third-order valence-electron chi connectivity index (χ3n) is 1.96. The molecule has 0 saturated heterocycles. The molecule has 0 aliphatic rings. The lowest BCUT2D eigenvalue weighted by Crippen LogP contribution is -2.16. The standard InChI is InChI=1S/C11H19N5O2S/c1-5-12-9-13-10(16(3)4)15-11(14-9)19-7-8(17)18-6-2/h5-7H2,1-4H3,(H,12,13,14,15). The van der Waals surface area contributed by atoms with Gasteiger partial charge in [-0.3, -0.25) is 4.79 Å². The Bertz CT molecular complexity index is 428. The molecule has 0 unspecified atom stereocenters. The first-order valence-corrected chi connectivity index (χ1v) is 7.01. The van der Waals surface area contributed by atoms with Gasteiger partial charge in [0.25, 0.3) is 0 Å². The molecule has 0 saturated carbocycles. The van der Waals surface area contributed by atoms with Crippen molar-refractivity contribution in [2.75, 3.05) is 43.2 Å². The van der Waals surface area contributed by atoms with Gasteiger partial charge >= 0.3 is 5.97 Å². The van der Waals surface area contributed by atoms with E-state index in [1.165, 1.54) is 11.8 Å². The van der Waals surface area contributed by atoms with E-state index in [2.05, 4.69) is 20.3 Å². The molecule has 19 heavy (non-hydrogen) atoms. The molecule has 0 bridgehead atoms. The van der Waals surface area contributed by atoms with Crippen molar-refractivity contribution in [1.82, 2.24) is 15.0 Å². The highest BCUT2D eigenvalue weighted by atomic mass is 32.2. The molecule has 1 heterocycles. The van der Waals surface area contributed by atoms with E-state index in [0.29, 0.717) is 23.7 Å². The van der Waals surface area contributed by atoms with Gasteiger partial charge in [0.2, 0.25) is 11.9 Å². The molecule has 0 aromatic carbocycles. The van der Waals surface area contributed by atoms with Crippen molar-refractivity contribution < 1.29 is 9.53 Å². The van der Waals surface area contributed by atoms with Gasteiger partial charge in [0.05, 0.1) is 12.4 Å². The number of rotatable bonds is 7. The normalized spacial score (nSPS) is 10.1. The van der Waals surface area contributed by atoms with Gasteiger partial charge in [-0.1, -0.05) is 11.8 Å². The maximum Gasteiger partial charge on any atom is 0.316 e. The van der Waals surface area contributed by atoms with Crippen LogP contribution < -0.4 is 10.2 Å². The van der Waals surface area contributed by atoms with Crippen LogP contribution in [0.4, 0.5) is 11.9 Å². The lowest BCUT2D eigenvalue weighted by atomic mass is 10.7. The van der Waals surface area contributed by atoms with E-state index in [1.54, 1.807) is 11.8 Å². The monoisotopic (exact) mass is 285 g/mol. The summed E-state index contributed by atoms with van der Waals surface area (Å²) in [6, 6.07) is 0. The number of aromatic nitrogens is 3. The summed E-state index contributed by atoms with van der Waals surface area (Å²) in [5.74, 6) is 0.977. The fourth-order valence-corrected chi connectivity index (χ4v) is 1.80. The van der Waals surface area contributed by atoms with Crippen LogP contribution in [0.3, 0.4) is 0 Å². The second-order valence-electron chi connectivity index (χ2n) is 3.76. The Hall–Kier alpha value is -1.57. The number of carbonyl (C=O) groups excluding carboxylic acids is 1. The first-order chi connectivity index (χ1) is 9.06. The highest BCUT2D eigenvalue weighted by molar-refractivity contribution is 7.99. The zero-order valence-corrected chi connectivity index (χ0v) is 12.5. The Kier molecular flexibility index (Phi) is 6.34. The van der Waals surface area contributed by atoms with Crippen LogP contribution in [0.25, 0.3) is 0 Å². The largest absolute Gasteiger partial charge is 0.465 e.